The van der Waals surface area contributed by atoms with Gasteiger partial charge in [-0.1, -0.05) is 30.3 Å². The van der Waals surface area contributed by atoms with Crippen molar-refractivity contribution in [3.63, 3.8) is 0 Å². The van der Waals surface area contributed by atoms with Crippen LogP contribution < -0.4 is 25.0 Å². The number of benzene rings is 3. The second-order valence-corrected chi connectivity index (χ2v) is 9.42. The lowest BCUT2D eigenvalue weighted by molar-refractivity contribution is -0.128. The van der Waals surface area contributed by atoms with Gasteiger partial charge in [0.15, 0.2) is 6.10 Å². The topological polar surface area (TPSA) is 123 Å². The number of carbonyl (C=O) groups is 2. The fourth-order valence-electron chi connectivity index (χ4n) is 3.13. The molecule has 9 nitrogen and oxygen atoms in total. The number of hydrogen-bond acceptors (Lipinski definition) is 6. The molecule has 0 aliphatic rings. The van der Waals surface area contributed by atoms with Gasteiger partial charge < -0.3 is 9.47 Å². The molecule has 0 aliphatic heterocycles. The molecule has 184 valence electrons. The summed E-state index contributed by atoms with van der Waals surface area (Å²) in [4.78, 5) is 24.8. The normalized spacial score (nSPS) is 11.8. The minimum atomic E-state index is -4.01. The van der Waals surface area contributed by atoms with E-state index in [0.29, 0.717) is 11.5 Å². The van der Waals surface area contributed by atoms with E-state index in [9.17, 15) is 18.0 Å². The molecule has 2 amide bonds. The van der Waals surface area contributed by atoms with Crippen LogP contribution in [0.2, 0.25) is 0 Å². The van der Waals surface area contributed by atoms with Crippen molar-refractivity contribution in [2.45, 2.75) is 31.8 Å². The molecule has 0 saturated heterocycles. The highest BCUT2D eigenvalue weighted by Gasteiger charge is 2.20. The number of hydrazine groups is 1. The summed E-state index contributed by atoms with van der Waals surface area (Å²) in [6.07, 6.45) is -0.882. The van der Waals surface area contributed by atoms with Crippen LogP contribution in [-0.4, -0.2) is 33.4 Å². The Morgan fingerprint density at radius 3 is 2.31 bits per heavy atom. The summed E-state index contributed by atoms with van der Waals surface area (Å²) in [5.41, 5.74) is 6.82. The molecule has 3 aromatic rings. The highest BCUT2D eigenvalue weighted by Crippen LogP contribution is 2.26. The number of rotatable bonds is 8. The summed E-state index contributed by atoms with van der Waals surface area (Å²) < 4.78 is 39.0. The number of anilines is 1. The van der Waals surface area contributed by atoms with Gasteiger partial charge in [-0.15, -0.1) is 0 Å². The minimum absolute atomic E-state index is 0.0382. The Kier molecular flexibility index (Phi) is 7.98. The fraction of sp³-hybridized carbons (Fsp3) is 0.200. The molecular formula is C25H27N3O6S. The molecule has 0 spiro atoms. The first kappa shape index (κ1) is 25.6. The Hall–Kier alpha value is -4.05. The second-order valence-electron chi connectivity index (χ2n) is 7.74. The SMILES string of the molecule is COc1ccccc1NS(=O)(=O)c1cccc(C(=O)NNC(=O)C(C)Oc2cccc(C)c2C)c1. The average Bonchev–Trinajstić information content (AvgIpc) is 2.85. The Morgan fingerprint density at radius 1 is 0.886 bits per heavy atom. The van der Waals surface area contributed by atoms with Crippen LogP contribution in [0.4, 0.5) is 5.69 Å². The van der Waals surface area contributed by atoms with Gasteiger partial charge in [0, 0.05) is 5.56 Å². The molecular weight excluding hydrogens is 470 g/mol. The number of methoxy groups -OCH3 is 1. The lowest BCUT2D eigenvalue weighted by Crippen LogP contribution is -2.47. The number of carbonyl (C=O) groups excluding carboxylic acids is 2. The Labute approximate surface area is 204 Å². The van der Waals surface area contributed by atoms with Gasteiger partial charge in [-0.05, 0) is 68.3 Å². The molecule has 1 unspecified atom stereocenters. The van der Waals surface area contributed by atoms with E-state index in [1.807, 2.05) is 26.0 Å². The zero-order chi connectivity index (χ0) is 25.6. The van der Waals surface area contributed by atoms with Gasteiger partial charge in [0.25, 0.3) is 21.8 Å². The molecule has 0 saturated carbocycles. The zero-order valence-corrected chi connectivity index (χ0v) is 20.6. The quantitative estimate of drug-likeness (QED) is 0.410. The van der Waals surface area contributed by atoms with Crippen molar-refractivity contribution in [1.82, 2.24) is 10.9 Å². The molecule has 10 heteroatoms. The summed E-state index contributed by atoms with van der Waals surface area (Å²) in [5.74, 6) is -0.336. The van der Waals surface area contributed by atoms with Gasteiger partial charge in [0.1, 0.15) is 11.5 Å². The van der Waals surface area contributed by atoms with Crippen LogP contribution in [0.3, 0.4) is 0 Å². The van der Waals surface area contributed by atoms with E-state index in [-0.39, 0.29) is 16.1 Å². The summed E-state index contributed by atoms with van der Waals surface area (Å²) in [6.45, 7) is 5.38. The third-order valence-corrected chi connectivity index (χ3v) is 6.65. The van der Waals surface area contributed by atoms with Gasteiger partial charge in [-0.3, -0.25) is 25.2 Å². The number of para-hydroxylation sites is 2. The van der Waals surface area contributed by atoms with Crippen molar-refractivity contribution in [3.05, 3.63) is 83.4 Å². The molecule has 0 radical (unpaired) electrons. The Morgan fingerprint density at radius 2 is 1.57 bits per heavy atom. The van der Waals surface area contributed by atoms with Gasteiger partial charge in [-0.25, -0.2) is 8.42 Å². The third kappa shape index (κ3) is 6.30. The van der Waals surface area contributed by atoms with E-state index in [2.05, 4.69) is 15.6 Å². The number of ether oxygens (including phenoxy) is 2. The zero-order valence-electron chi connectivity index (χ0n) is 19.8. The van der Waals surface area contributed by atoms with Crippen molar-refractivity contribution in [2.75, 3.05) is 11.8 Å². The van der Waals surface area contributed by atoms with Crippen LogP contribution in [0.15, 0.2) is 71.6 Å². The van der Waals surface area contributed by atoms with Gasteiger partial charge in [-0.2, -0.15) is 0 Å². The first-order valence-electron chi connectivity index (χ1n) is 10.7. The van der Waals surface area contributed by atoms with E-state index in [4.69, 9.17) is 9.47 Å². The van der Waals surface area contributed by atoms with Crippen LogP contribution in [0.25, 0.3) is 0 Å². The first-order valence-corrected chi connectivity index (χ1v) is 12.2. The van der Waals surface area contributed by atoms with Gasteiger partial charge in [0.05, 0.1) is 17.7 Å². The molecule has 3 aromatic carbocycles. The molecule has 35 heavy (non-hydrogen) atoms. The molecule has 0 aromatic heterocycles. The standard InChI is InChI=1S/C25H27N3O6S/c1-16-9-7-14-22(17(16)2)34-18(3)24(29)26-27-25(30)19-10-8-11-20(15-19)35(31,32)28-21-12-5-6-13-23(21)33-4/h5-15,18,28H,1-4H3,(H,26,29)(H,27,30). The van der Waals surface area contributed by atoms with Crippen LogP contribution in [0.1, 0.15) is 28.4 Å². The Balaban J connectivity index is 1.65. The van der Waals surface area contributed by atoms with Crippen molar-refractivity contribution < 1.29 is 27.5 Å². The number of aryl methyl sites for hydroxylation is 1. The predicted molar refractivity (Wildman–Crippen MR) is 132 cm³/mol. The minimum Gasteiger partial charge on any atom is -0.495 e. The maximum Gasteiger partial charge on any atom is 0.279 e. The van der Waals surface area contributed by atoms with Crippen LogP contribution >= 0.6 is 0 Å². The summed E-state index contributed by atoms with van der Waals surface area (Å²) in [7, 11) is -2.58. The molecule has 0 fully saturated rings. The van der Waals surface area contributed by atoms with E-state index in [1.165, 1.54) is 31.4 Å². The predicted octanol–water partition coefficient (Wildman–Crippen LogP) is 3.34. The maximum atomic E-state index is 12.8. The van der Waals surface area contributed by atoms with E-state index < -0.39 is 27.9 Å². The Bertz CT molecular complexity index is 1340. The highest BCUT2D eigenvalue weighted by atomic mass is 32.2. The van der Waals surface area contributed by atoms with Crippen LogP contribution in [-0.2, 0) is 14.8 Å². The van der Waals surface area contributed by atoms with Crippen LogP contribution in [0.5, 0.6) is 11.5 Å². The molecule has 3 N–H and O–H groups in total. The molecule has 1 atom stereocenters. The first-order chi connectivity index (χ1) is 16.6. The summed E-state index contributed by atoms with van der Waals surface area (Å²) in [5, 5.41) is 0. The maximum absolute atomic E-state index is 12.8. The molecule has 0 bridgehead atoms. The average molecular weight is 498 g/mol. The largest absolute Gasteiger partial charge is 0.495 e. The fourth-order valence-corrected chi connectivity index (χ4v) is 4.24. The summed E-state index contributed by atoms with van der Waals surface area (Å²) >= 11 is 0. The lowest BCUT2D eigenvalue weighted by Gasteiger charge is -2.17. The van der Waals surface area contributed by atoms with Crippen LogP contribution in [0, 0.1) is 13.8 Å². The number of hydrogen-bond donors (Lipinski definition) is 3. The lowest BCUT2D eigenvalue weighted by atomic mass is 10.1. The van der Waals surface area contributed by atoms with Crippen molar-refractivity contribution in [1.29, 1.82) is 0 Å². The van der Waals surface area contributed by atoms with E-state index in [0.717, 1.165) is 11.1 Å². The molecule has 0 heterocycles. The summed E-state index contributed by atoms with van der Waals surface area (Å²) in [6, 6.07) is 17.5. The van der Waals surface area contributed by atoms with Crippen molar-refractivity contribution in [3.8, 4) is 11.5 Å². The number of sulfonamides is 1. The van der Waals surface area contributed by atoms with Gasteiger partial charge >= 0.3 is 0 Å². The second kappa shape index (κ2) is 10.9. The number of amides is 2. The third-order valence-electron chi connectivity index (χ3n) is 5.28. The molecule has 3 rings (SSSR count). The number of nitrogens with one attached hydrogen (secondary N) is 3. The van der Waals surface area contributed by atoms with E-state index >= 15 is 0 Å². The van der Waals surface area contributed by atoms with Crippen molar-refractivity contribution in [2.24, 2.45) is 0 Å². The smallest absolute Gasteiger partial charge is 0.279 e. The van der Waals surface area contributed by atoms with E-state index in [1.54, 1.807) is 37.3 Å². The highest BCUT2D eigenvalue weighted by molar-refractivity contribution is 7.92. The van der Waals surface area contributed by atoms with Gasteiger partial charge in [0.2, 0.25) is 0 Å². The monoisotopic (exact) mass is 497 g/mol. The molecule has 0 aliphatic carbocycles. The van der Waals surface area contributed by atoms with Crippen molar-refractivity contribution >= 4 is 27.5 Å².